The summed E-state index contributed by atoms with van der Waals surface area (Å²) in [5, 5.41) is 13.5. The van der Waals surface area contributed by atoms with Gasteiger partial charge in [-0.2, -0.15) is 11.8 Å². The lowest BCUT2D eigenvalue weighted by molar-refractivity contribution is -0.148. The van der Waals surface area contributed by atoms with Crippen molar-refractivity contribution in [3.8, 4) is 0 Å². The van der Waals surface area contributed by atoms with Crippen LogP contribution in [0.4, 0.5) is 0 Å². The molecule has 5 nitrogen and oxygen atoms in total. The molecule has 3 rings (SSSR count). The Morgan fingerprint density at radius 2 is 2.00 bits per heavy atom. The second-order valence-electron chi connectivity index (χ2n) is 6.18. The maximum atomic E-state index is 12.5. The van der Waals surface area contributed by atoms with Crippen LogP contribution >= 0.6 is 11.8 Å². The van der Waals surface area contributed by atoms with Crippen LogP contribution in [0.25, 0.3) is 10.9 Å². The molecule has 0 aliphatic carbocycles. The van der Waals surface area contributed by atoms with Gasteiger partial charge in [0.05, 0.1) is 6.42 Å². The highest BCUT2D eigenvalue weighted by molar-refractivity contribution is 7.99. The number of para-hydroxylation sites is 1. The van der Waals surface area contributed by atoms with Crippen molar-refractivity contribution in [1.29, 1.82) is 0 Å². The first-order valence-electron chi connectivity index (χ1n) is 8.24. The van der Waals surface area contributed by atoms with E-state index in [0.29, 0.717) is 12.8 Å². The lowest BCUT2D eigenvalue weighted by Crippen LogP contribution is -2.56. The van der Waals surface area contributed by atoms with Crippen LogP contribution in [0.5, 0.6) is 0 Å². The normalized spacial score (nSPS) is 16.9. The fraction of sp³-hybridized carbons (Fsp3) is 0.444. The fourth-order valence-corrected chi connectivity index (χ4v) is 4.51. The Morgan fingerprint density at radius 3 is 2.67 bits per heavy atom. The molecule has 0 spiro atoms. The zero-order valence-corrected chi connectivity index (χ0v) is 14.6. The van der Waals surface area contributed by atoms with E-state index in [1.54, 1.807) is 11.8 Å². The highest BCUT2D eigenvalue weighted by Gasteiger charge is 2.41. The molecule has 1 aromatic heterocycles. The molecule has 1 fully saturated rings. The minimum absolute atomic E-state index is 0.204. The number of hydrogen-bond acceptors (Lipinski definition) is 3. The number of aryl methyl sites for hydroxylation is 1. The maximum absolute atomic E-state index is 12.5. The quantitative estimate of drug-likeness (QED) is 0.873. The molecule has 0 bridgehead atoms. The third-order valence-corrected chi connectivity index (χ3v) is 5.68. The summed E-state index contributed by atoms with van der Waals surface area (Å²) < 4.78 is 2.11. The van der Waals surface area contributed by atoms with Gasteiger partial charge in [-0.05, 0) is 42.9 Å². The fourth-order valence-electron chi connectivity index (χ4n) is 3.32. The van der Waals surface area contributed by atoms with Gasteiger partial charge in [-0.3, -0.25) is 4.79 Å². The summed E-state index contributed by atoms with van der Waals surface area (Å²) >= 11 is 1.74. The molecule has 0 atom stereocenters. The van der Waals surface area contributed by atoms with E-state index in [1.807, 2.05) is 30.5 Å². The topological polar surface area (TPSA) is 71.3 Å². The van der Waals surface area contributed by atoms with Crippen molar-refractivity contribution >= 4 is 34.5 Å². The van der Waals surface area contributed by atoms with Crippen LogP contribution in [0.2, 0.25) is 0 Å². The number of hydrogen-bond donors (Lipinski definition) is 2. The van der Waals surface area contributed by atoms with E-state index in [0.717, 1.165) is 34.5 Å². The standard InChI is InChI=1S/C18H22N2O3S/c1-2-20-12-13(14-5-3-4-6-15(14)20)11-16(21)19-18(17(22)23)7-9-24-10-8-18/h3-6,12H,2,7-11H2,1H3,(H,19,21)(H,22,23). The van der Waals surface area contributed by atoms with Crippen molar-refractivity contribution in [2.24, 2.45) is 0 Å². The number of carboxylic acid groups (broad SMARTS) is 1. The van der Waals surface area contributed by atoms with E-state index in [4.69, 9.17) is 0 Å². The number of amides is 1. The number of nitrogens with zero attached hydrogens (tertiary/aromatic N) is 1. The minimum Gasteiger partial charge on any atom is -0.480 e. The van der Waals surface area contributed by atoms with Crippen molar-refractivity contribution in [2.75, 3.05) is 11.5 Å². The number of thioether (sulfide) groups is 1. The molecule has 1 aliphatic heterocycles. The molecule has 2 heterocycles. The summed E-state index contributed by atoms with van der Waals surface area (Å²) in [6.07, 6.45) is 3.16. The molecule has 2 aromatic rings. The summed E-state index contributed by atoms with van der Waals surface area (Å²) in [7, 11) is 0. The van der Waals surface area contributed by atoms with Crippen LogP contribution in [-0.4, -0.2) is 38.6 Å². The Bertz CT molecular complexity index is 763. The molecule has 1 amide bonds. The first-order valence-corrected chi connectivity index (χ1v) is 9.40. The lowest BCUT2D eigenvalue weighted by Gasteiger charge is -2.33. The number of aliphatic carboxylic acids is 1. The molecule has 128 valence electrons. The molecule has 0 unspecified atom stereocenters. The molecule has 2 N–H and O–H groups in total. The van der Waals surface area contributed by atoms with Gasteiger partial charge in [0.25, 0.3) is 0 Å². The Morgan fingerprint density at radius 1 is 1.29 bits per heavy atom. The minimum atomic E-state index is -1.11. The Balaban J connectivity index is 1.81. The summed E-state index contributed by atoms with van der Waals surface area (Å²) in [6.45, 7) is 2.90. The van der Waals surface area contributed by atoms with Gasteiger partial charge in [0.2, 0.25) is 5.91 Å². The van der Waals surface area contributed by atoms with Crippen LogP contribution < -0.4 is 5.32 Å². The van der Waals surface area contributed by atoms with Crippen molar-refractivity contribution in [2.45, 2.75) is 38.3 Å². The highest BCUT2D eigenvalue weighted by atomic mass is 32.2. The number of carbonyl (C=O) groups is 2. The van der Waals surface area contributed by atoms with E-state index in [-0.39, 0.29) is 12.3 Å². The zero-order chi connectivity index (χ0) is 17.2. The predicted molar refractivity (Wildman–Crippen MR) is 96.4 cm³/mol. The van der Waals surface area contributed by atoms with Gasteiger partial charge in [0.15, 0.2) is 0 Å². The smallest absolute Gasteiger partial charge is 0.329 e. The molecule has 1 aliphatic rings. The largest absolute Gasteiger partial charge is 0.480 e. The SMILES string of the molecule is CCn1cc(CC(=O)NC2(C(=O)O)CCSCC2)c2ccccc21. The van der Waals surface area contributed by atoms with Crippen LogP contribution in [0.15, 0.2) is 30.5 Å². The van der Waals surface area contributed by atoms with E-state index < -0.39 is 11.5 Å². The number of fused-ring (bicyclic) bond motifs is 1. The predicted octanol–water partition coefficient (Wildman–Crippen LogP) is 2.67. The Labute approximate surface area is 145 Å². The summed E-state index contributed by atoms with van der Waals surface area (Å²) in [5.74, 6) is 0.388. The molecule has 24 heavy (non-hydrogen) atoms. The number of nitrogens with one attached hydrogen (secondary N) is 1. The van der Waals surface area contributed by atoms with Gasteiger partial charge in [0.1, 0.15) is 5.54 Å². The van der Waals surface area contributed by atoms with Gasteiger partial charge in [0, 0.05) is 23.6 Å². The maximum Gasteiger partial charge on any atom is 0.329 e. The van der Waals surface area contributed by atoms with Crippen molar-refractivity contribution in [3.63, 3.8) is 0 Å². The summed E-state index contributed by atoms with van der Waals surface area (Å²) in [5.41, 5.74) is 0.936. The second-order valence-corrected chi connectivity index (χ2v) is 7.41. The number of benzene rings is 1. The molecule has 0 radical (unpaired) electrons. The second kappa shape index (κ2) is 6.89. The first kappa shape index (κ1) is 16.9. The number of rotatable bonds is 5. The third kappa shape index (κ3) is 3.15. The van der Waals surface area contributed by atoms with Crippen LogP contribution in [0.1, 0.15) is 25.3 Å². The molecule has 1 aromatic carbocycles. The molecular formula is C18H22N2O3S. The molecule has 6 heteroatoms. The Kier molecular flexibility index (Phi) is 4.85. The highest BCUT2D eigenvalue weighted by Crippen LogP contribution is 2.28. The van der Waals surface area contributed by atoms with Crippen LogP contribution in [-0.2, 0) is 22.6 Å². The molecular weight excluding hydrogens is 324 g/mol. The average molecular weight is 346 g/mol. The summed E-state index contributed by atoms with van der Waals surface area (Å²) in [6, 6.07) is 7.99. The van der Waals surface area contributed by atoms with E-state index in [1.165, 1.54) is 0 Å². The third-order valence-electron chi connectivity index (χ3n) is 4.70. The van der Waals surface area contributed by atoms with Crippen molar-refractivity contribution in [3.05, 3.63) is 36.0 Å². The van der Waals surface area contributed by atoms with Gasteiger partial charge in [-0.15, -0.1) is 0 Å². The van der Waals surface area contributed by atoms with Crippen LogP contribution in [0.3, 0.4) is 0 Å². The monoisotopic (exact) mass is 346 g/mol. The van der Waals surface area contributed by atoms with E-state index in [9.17, 15) is 14.7 Å². The molecule has 0 saturated carbocycles. The van der Waals surface area contributed by atoms with E-state index in [2.05, 4.69) is 16.8 Å². The lowest BCUT2D eigenvalue weighted by atomic mass is 9.92. The number of carbonyl (C=O) groups excluding carboxylic acids is 1. The zero-order valence-electron chi connectivity index (χ0n) is 13.7. The van der Waals surface area contributed by atoms with Crippen LogP contribution in [0, 0.1) is 0 Å². The number of aromatic nitrogens is 1. The summed E-state index contributed by atoms with van der Waals surface area (Å²) in [4.78, 5) is 24.2. The van der Waals surface area contributed by atoms with Gasteiger partial charge < -0.3 is 15.0 Å². The average Bonchev–Trinajstić information content (AvgIpc) is 2.93. The van der Waals surface area contributed by atoms with Crippen molar-refractivity contribution in [1.82, 2.24) is 9.88 Å². The Hall–Kier alpha value is -1.95. The van der Waals surface area contributed by atoms with Crippen molar-refractivity contribution < 1.29 is 14.7 Å². The first-order chi connectivity index (χ1) is 11.6. The van der Waals surface area contributed by atoms with Gasteiger partial charge in [-0.25, -0.2) is 4.79 Å². The van der Waals surface area contributed by atoms with Gasteiger partial charge >= 0.3 is 5.97 Å². The number of carboxylic acids is 1. The van der Waals surface area contributed by atoms with E-state index >= 15 is 0 Å². The van der Waals surface area contributed by atoms with Gasteiger partial charge in [-0.1, -0.05) is 18.2 Å². The molecule has 1 saturated heterocycles.